The van der Waals surface area contributed by atoms with E-state index in [-0.39, 0.29) is 0 Å². The van der Waals surface area contributed by atoms with Gasteiger partial charge in [-0.05, 0) is 13.5 Å². The molecule has 2 aliphatic rings. The Balaban J connectivity index is 1.71. The van der Waals surface area contributed by atoms with Crippen molar-refractivity contribution in [2.24, 2.45) is 5.73 Å². The van der Waals surface area contributed by atoms with E-state index in [4.69, 9.17) is 10.5 Å². The van der Waals surface area contributed by atoms with E-state index in [1.165, 1.54) is 0 Å². The summed E-state index contributed by atoms with van der Waals surface area (Å²) in [6.07, 6.45) is 1.55. The quantitative estimate of drug-likeness (QED) is 0.741. The number of ether oxygens (including phenoxy) is 1. The van der Waals surface area contributed by atoms with Gasteiger partial charge in [0, 0.05) is 58.4 Å². The largest absolute Gasteiger partial charge is 0.374 e. The standard InChI is InChI=1S/C14H30N4O/c1-3-13(10-15)18-6-4-17(5-7-18)12-14-11-16(2)8-9-19-14/h13-14H,3-12,15H2,1-2H3. The van der Waals surface area contributed by atoms with E-state index in [2.05, 4.69) is 28.7 Å². The van der Waals surface area contributed by atoms with Gasteiger partial charge in [0.15, 0.2) is 0 Å². The fourth-order valence-electron chi connectivity index (χ4n) is 3.15. The summed E-state index contributed by atoms with van der Waals surface area (Å²) >= 11 is 0. The second-order valence-electron chi connectivity index (χ2n) is 5.89. The number of hydrogen-bond acceptors (Lipinski definition) is 5. The van der Waals surface area contributed by atoms with Gasteiger partial charge < -0.3 is 15.4 Å². The van der Waals surface area contributed by atoms with Crippen LogP contribution in [0.3, 0.4) is 0 Å². The van der Waals surface area contributed by atoms with Gasteiger partial charge in [-0.2, -0.15) is 0 Å². The van der Waals surface area contributed by atoms with Crippen molar-refractivity contribution in [2.45, 2.75) is 25.5 Å². The molecular formula is C14H30N4O. The second kappa shape index (κ2) is 7.55. The van der Waals surface area contributed by atoms with Gasteiger partial charge in [-0.1, -0.05) is 6.92 Å². The zero-order valence-corrected chi connectivity index (χ0v) is 12.6. The molecule has 0 amide bonds. The first kappa shape index (κ1) is 15.2. The molecule has 2 fully saturated rings. The van der Waals surface area contributed by atoms with Crippen molar-refractivity contribution >= 4 is 0 Å². The number of nitrogens with zero attached hydrogens (tertiary/aromatic N) is 3. The molecule has 0 aromatic heterocycles. The van der Waals surface area contributed by atoms with Gasteiger partial charge in [0.1, 0.15) is 0 Å². The van der Waals surface area contributed by atoms with E-state index in [9.17, 15) is 0 Å². The van der Waals surface area contributed by atoms with Crippen LogP contribution in [0.15, 0.2) is 0 Å². The molecule has 0 spiro atoms. The fraction of sp³-hybridized carbons (Fsp3) is 1.00. The van der Waals surface area contributed by atoms with Crippen molar-refractivity contribution < 1.29 is 4.74 Å². The summed E-state index contributed by atoms with van der Waals surface area (Å²) in [5.74, 6) is 0. The van der Waals surface area contributed by atoms with Gasteiger partial charge in [-0.15, -0.1) is 0 Å². The molecular weight excluding hydrogens is 240 g/mol. The number of rotatable bonds is 5. The fourth-order valence-corrected chi connectivity index (χ4v) is 3.15. The SMILES string of the molecule is CCC(CN)N1CCN(CC2CN(C)CCO2)CC1. The Bertz CT molecular complexity index is 252. The van der Waals surface area contributed by atoms with Crippen molar-refractivity contribution in [1.82, 2.24) is 14.7 Å². The first-order valence-electron chi connectivity index (χ1n) is 7.69. The lowest BCUT2D eigenvalue weighted by molar-refractivity contribution is -0.0426. The van der Waals surface area contributed by atoms with Gasteiger partial charge in [-0.3, -0.25) is 9.80 Å². The van der Waals surface area contributed by atoms with E-state index in [0.29, 0.717) is 12.1 Å². The highest BCUT2D eigenvalue weighted by molar-refractivity contribution is 4.81. The predicted octanol–water partition coefficient (Wildman–Crippen LogP) is -0.328. The van der Waals surface area contributed by atoms with Crippen LogP contribution in [0.25, 0.3) is 0 Å². The van der Waals surface area contributed by atoms with Crippen LogP contribution in [0.5, 0.6) is 0 Å². The third-order valence-corrected chi connectivity index (χ3v) is 4.47. The van der Waals surface area contributed by atoms with Crippen LogP contribution in [0.2, 0.25) is 0 Å². The molecule has 2 aliphatic heterocycles. The van der Waals surface area contributed by atoms with Crippen LogP contribution in [-0.4, -0.2) is 92.9 Å². The molecule has 5 heteroatoms. The van der Waals surface area contributed by atoms with Gasteiger partial charge in [0.2, 0.25) is 0 Å². The number of hydrogen-bond donors (Lipinski definition) is 1. The van der Waals surface area contributed by atoms with Crippen LogP contribution in [0.4, 0.5) is 0 Å². The summed E-state index contributed by atoms with van der Waals surface area (Å²) in [7, 11) is 2.18. The summed E-state index contributed by atoms with van der Waals surface area (Å²) < 4.78 is 5.85. The maximum Gasteiger partial charge on any atom is 0.0829 e. The topological polar surface area (TPSA) is 45.0 Å². The third-order valence-electron chi connectivity index (χ3n) is 4.47. The highest BCUT2D eigenvalue weighted by Gasteiger charge is 2.25. The summed E-state index contributed by atoms with van der Waals surface area (Å²) in [4.78, 5) is 7.46. The smallest absolute Gasteiger partial charge is 0.0829 e. The molecule has 2 saturated heterocycles. The summed E-state index contributed by atoms with van der Waals surface area (Å²) in [5.41, 5.74) is 5.83. The van der Waals surface area contributed by atoms with Crippen molar-refractivity contribution in [2.75, 3.05) is 66.0 Å². The summed E-state index contributed by atoms with van der Waals surface area (Å²) in [6, 6.07) is 0.569. The molecule has 5 nitrogen and oxygen atoms in total. The predicted molar refractivity (Wildman–Crippen MR) is 78.4 cm³/mol. The van der Waals surface area contributed by atoms with Gasteiger partial charge in [0.05, 0.1) is 12.7 Å². The Hall–Kier alpha value is -0.200. The normalized spacial score (nSPS) is 29.5. The van der Waals surface area contributed by atoms with Crippen LogP contribution >= 0.6 is 0 Å². The van der Waals surface area contributed by atoms with Crippen LogP contribution < -0.4 is 5.73 Å². The van der Waals surface area contributed by atoms with Crippen LogP contribution in [-0.2, 0) is 4.74 Å². The van der Waals surface area contributed by atoms with Gasteiger partial charge >= 0.3 is 0 Å². The van der Waals surface area contributed by atoms with E-state index in [1.54, 1.807) is 0 Å². The molecule has 2 rings (SSSR count). The van der Waals surface area contributed by atoms with E-state index in [0.717, 1.165) is 65.4 Å². The monoisotopic (exact) mass is 270 g/mol. The minimum absolute atomic E-state index is 0.391. The highest BCUT2D eigenvalue weighted by atomic mass is 16.5. The average Bonchev–Trinajstić information content (AvgIpc) is 2.42. The molecule has 0 aliphatic carbocycles. The molecule has 0 bridgehead atoms. The Morgan fingerprint density at radius 3 is 2.53 bits per heavy atom. The molecule has 0 aromatic carbocycles. The Kier molecular flexibility index (Phi) is 6.04. The molecule has 0 radical (unpaired) electrons. The minimum Gasteiger partial charge on any atom is -0.374 e. The Morgan fingerprint density at radius 1 is 1.21 bits per heavy atom. The molecule has 2 N–H and O–H groups in total. The Morgan fingerprint density at radius 2 is 1.95 bits per heavy atom. The van der Waals surface area contributed by atoms with E-state index >= 15 is 0 Å². The first-order chi connectivity index (χ1) is 9.22. The second-order valence-corrected chi connectivity index (χ2v) is 5.89. The molecule has 2 atom stereocenters. The van der Waals surface area contributed by atoms with Gasteiger partial charge in [-0.25, -0.2) is 0 Å². The lowest BCUT2D eigenvalue weighted by Crippen LogP contribution is -2.55. The van der Waals surface area contributed by atoms with Crippen molar-refractivity contribution in [3.8, 4) is 0 Å². The highest BCUT2D eigenvalue weighted by Crippen LogP contribution is 2.11. The van der Waals surface area contributed by atoms with Crippen LogP contribution in [0.1, 0.15) is 13.3 Å². The maximum absolute atomic E-state index is 5.85. The number of piperazine rings is 1. The summed E-state index contributed by atoms with van der Waals surface area (Å²) in [5, 5.41) is 0. The lowest BCUT2D eigenvalue weighted by Gasteiger charge is -2.40. The first-order valence-corrected chi connectivity index (χ1v) is 7.69. The zero-order valence-electron chi connectivity index (χ0n) is 12.6. The lowest BCUT2D eigenvalue weighted by atomic mass is 10.1. The molecule has 2 heterocycles. The number of nitrogens with two attached hydrogens (primary N) is 1. The zero-order chi connectivity index (χ0) is 13.7. The van der Waals surface area contributed by atoms with E-state index in [1.807, 2.05) is 0 Å². The Labute approximate surface area is 117 Å². The van der Waals surface area contributed by atoms with Crippen molar-refractivity contribution in [3.63, 3.8) is 0 Å². The average molecular weight is 270 g/mol. The number of morpholine rings is 1. The minimum atomic E-state index is 0.391. The van der Waals surface area contributed by atoms with Crippen molar-refractivity contribution in [1.29, 1.82) is 0 Å². The summed E-state index contributed by atoms with van der Waals surface area (Å²) in [6.45, 7) is 11.7. The number of likely N-dealkylation sites (N-methyl/N-ethyl adjacent to an activating group) is 1. The molecule has 2 unspecified atom stereocenters. The van der Waals surface area contributed by atoms with E-state index < -0.39 is 0 Å². The van der Waals surface area contributed by atoms with Crippen LogP contribution in [0, 0.1) is 0 Å². The van der Waals surface area contributed by atoms with Crippen molar-refractivity contribution in [3.05, 3.63) is 0 Å². The third kappa shape index (κ3) is 4.39. The molecule has 19 heavy (non-hydrogen) atoms. The molecule has 0 aromatic rings. The van der Waals surface area contributed by atoms with Gasteiger partial charge in [0.25, 0.3) is 0 Å². The molecule has 112 valence electrons. The maximum atomic E-state index is 5.85. The molecule has 0 saturated carbocycles.